The Kier molecular flexibility index (Phi) is 4.12. The molecule has 0 saturated heterocycles. The van der Waals surface area contributed by atoms with Crippen molar-refractivity contribution < 1.29 is 13.5 Å². The number of ether oxygens (including phenoxy) is 1. The summed E-state index contributed by atoms with van der Waals surface area (Å²) in [6, 6.07) is 2.75. The molecule has 0 atom stereocenters. The van der Waals surface area contributed by atoms with Crippen LogP contribution in [0.1, 0.15) is 40.2 Å². The van der Waals surface area contributed by atoms with Crippen LogP contribution in [-0.4, -0.2) is 6.10 Å². The van der Waals surface area contributed by atoms with Crippen LogP contribution >= 0.6 is 0 Å². The van der Waals surface area contributed by atoms with E-state index in [0.29, 0.717) is 12.0 Å². The smallest absolute Gasteiger partial charge is 0.191 e. The van der Waals surface area contributed by atoms with E-state index in [9.17, 15) is 8.78 Å². The Labute approximate surface area is 102 Å². The summed E-state index contributed by atoms with van der Waals surface area (Å²) in [5.74, 6) is -1.48. The molecule has 1 rings (SSSR count). The monoisotopic (exact) mass is 242 g/mol. The maximum absolute atomic E-state index is 14.1. The molecule has 3 heteroatoms. The fourth-order valence-electron chi connectivity index (χ4n) is 1.62. The highest BCUT2D eigenvalue weighted by molar-refractivity contribution is 5.33. The van der Waals surface area contributed by atoms with E-state index in [1.807, 2.05) is 20.8 Å². The van der Waals surface area contributed by atoms with Gasteiger partial charge in [-0.1, -0.05) is 26.8 Å². The molecule has 17 heavy (non-hydrogen) atoms. The van der Waals surface area contributed by atoms with E-state index in [-0.39, 0.29) is 17.3 Å². The first-order valence-corrected chi connectivity index (χ1v) is 5.84. The van der Waals surface area contributed by atoms with Crippen molar-refractivity contribution in [1.82, 2.24) is 0 Å². The van der Waals surface area contributed by atoms with E-state index < -0.39 is 11.6 Å². The Balaban J connectivity index is 3.10. The molecule has 0 saturated carbocycles. The van der Waals surface area contributed by atoms with E-state index in [2.05, 4.69) is 0 Å². The molecule has 0 radical (unpaired) electrons. The summed E-state index contributed by atoms with van der Waals surface area (Å²) < 4.78 is 32.7. The van der Waals surface area contributed by atoms with Gasteiger partial charge in [0.2, 0.25) is 0 Å². The molecule has 0 heterocycles. The second kappa shape index (κ2) is 5.03. The van der Waals surface area contributed by atoms with Crippen LogP contribution in [0.3, 0.4) is 0 Å². The maximum atomic E-state index is 14.1. The van der Waals surface area contributed by atoms with Gasteiger partial charge in [0.15, 0.2) is 17.4 Å². The Morgan fingerprint density at radius 3 is 2.24 bits per heavy atom. The van der Waals surface area contributed by atoms with E-state index in [0.717, 1.165) is 0 Å². The van der Waals surface area contributed by atoms with Crippen molar-refractivity contribution in [2.45, 2.75) is 47.1 Å². The molecule has 96 valence electrons. The van der Waals surface area contributed by atoms with Crippen LogP contribution in [0.2, 0.25) is 0 Å². The van der Waals surface area contributed by atoms with Crippen molar-refractivity contribution in [1.29, 1.82) is 0 Å². The van der Waals surface area contributed by atoms with Gasteiger partial charge in [-0.2, -0.15) is 0 Å². The van der Waals surface area contributed by atoms with Gasteiger partial charge in [0, 0.05) is 0 Å². The van der Waals surface area contributed by atoms with E-state index in [1.165, 1.54) is 12.1 Å². The lowest BCUT2D eigenvalue weighted by atomic mass is 9.88. The minimum atomic E-state index is -0.645. The predicted molar refractivity (Wildman–Crippen MR) is 65.3 cm³/mol. The minimum Gasteiger partial charge on any atom is -0.485 e. The van der Waals surface area contributed by atoms with Gasteiger partial charge in [-0.05, 0) is 37.3 Å². The summed E-state index contributed by atoms with van der Waals surface area (Å²) in [5.41, 5.74) is 0.447. The average Bonchev–Trinajstić information content (AvgIpc) is 2.15. The number of halogens is 2. The van der Waals surface area contributed by atoms with Gasteiger partial charge in [-0.25, -0.2) is 8.78 Å². The van der Waals surface area contributed by atoms with Crippen molar-refractivity contribution in [3.63, 3.8) is 0 Å². The van der Waals surface area contributed by atoms with Crippen molar-refractivity contribution in [2.75, 3.05) is 0 Å². The summed E-state index contributed by atoms with van der Waals surface area (Å²) in [7, 11) is 0. The van der Waals surface area contributed by atoms with Crippen molar-refractivity contribution in [3.05, 3.63) is 29.3 Å². The van der Waals surface area contributed by atoms with Crippen molar-refractivity contribution >= 4 is 0 Å². The summed E-state index contributed by atoms with van der Waals surface area (Å²) in [6.45, 7) is 9.53. The van der Waals surface area contributed by atoms with Gasteiger partial charge < -0.3 is 4.74 Å². The molecule has 0 aliphatic heterocycles. The zero-order valence-corrected chi connectivity index (χ0v) is 11.1. The minimum absolute atomic E-state index is 0.0478. The standard InChI is InChI=1S/C14H20F2O/c1-9(2)17-13-11(15)7-6-10(12(13)16)8-14(3,4)5/h6-7,9H,8H2,1-5H3. The second-order valence-electron chi connectivity index (χ2n) is 5.75. The van der Waals surface area contributed by atoms with Gasteiger partial charge in [-0.3, -0.25) is 0 Å². The highest BCUT2D eigenvalue weighted by Gasteiger charge is 2.20. The van der Waals surface area contributed by atoms with Crippen LogP contribution in [0.25, 0.3) is 0 Å². The molecule has 1 nitrogen and oxygen atoms in total. The number of hydrogen-bond donors (Lipinski definition) is 0. The number of hydrogen-bond acceptors (Lipinski definition) is 1. The maximum Gasteiger partial charge on any atom is 0.191 e. The first-order valence-electron chi connectivity index (χ1n) is 5.84. The van der Waals surface area contributed by atoms with Gasteiger partial charge in [-0.15, -0.1) is 0 Å². The Morgan fingerprint density at radius 2 is 1.76 bits per heavy atom. The third-order valence-corrected chi connectivity index (χ3v) is 2.20. The van der Waals surface area contributed by atoms with Gasteiger partial charge >= 0.3 is 0 Å². The number of rotatable bonds is 3. The topological polar surface area (TPSA) is 9.23 Å². The fraction of sp³-hybridized carbons (Fsp3) is 0.571. The van der Waals surface area contributed by atoms with Gasteiger partial charge in [0.25, 0.3) is 0 Å². The first-order chi connectivity index (χ1) is 7.70. The molecular weight excluding hydrogens is 222 g/mol. The molecule has 1 aromatic carbocycles. The van der Waals surface area contributed by atoms with E-state index in [1.54, 1.807) is 13.8 Å². The average molecular weight is 242 g/mol. The molecule has 0 aliphatic carbocycles. The fourth-order valence-corrected chi connectivity index (χ4v) is 1.62. The molecule has 0 N–H and O–H groups in total. The van der Waals surface area contributed by atoms with Crippen LogP contribution in [0.15, 0.2) is 12.1 Å². The third-order valence-electron chi connectivity index (χ3n) is 2.20. The van der Waals surface area contributed by atoms with Crippen LogP contribution in [0.5, 0.6) is 5.75 Å². The largest absolute Gasteiger partial charge is 0.485 e. The molecule has 0 aromatic heterocycles. The molecule has 0 amide bonds. The molecule has 0 unspecified atom stereocenters. The first kappa shape index (κ1) is 13.9. The van der Waals surface area contributed by atoms with Crippen LogP contribution < -0.4 is 4.74 Å². The summed E-state index contributed by atoms with van der Waals surface area (Å²) in [4.78, 5) is 0. The predicted octanol–water partition coefficient (Wildman–Crippen LogP) is 4.34. The summed E-state index contributed by atoms with van der Waals surface area (Å²) >= 11 is 0. The van der Waals surface area contributed by atoms with Gasteiger partial charge in [0.05, 0.1) is 6.10 Å². The molecule has 1 aromatic rings. The lowest BCUT2D eigenvalue weighted by Gasteiger charge is -2.20. The van der Waals surface area contributed by atoms with Crippen LogP contribution in [0, 0.1) is 17.0 Å². The molecule has 0 spiro atoms. The van der Waals surface area contributed by atoms with Crippen molar-refractivity contribution in [3.8, 4) is 5.75 Å². The quantitative estimate of drug-likeness (QED) is 0.766. The Bertz CT molecular complexity index is 392. The highest BCUT2D eigenvalue weighted by atomic mass is 19.1. The van der Waals surface area contributed by atoms with Crippen LogP contribution in [-0.2, 0) is 6.42 Å². The molecular formula is C14H20F2O. The van der Waals surface area contributed by atoms with E-state index in [4.69, 9.17) is 4.74 Å². The normalized spacial score (nSPS) is 12.0. The van der Waals surface area contributed by atoms with Gasteiger partial charge in [0.1, 0.15) is 0 Å². The molecule has 0 fully saturated rings. The van der Waals surface area contributed by atoms with Crippen LogP contribution in [0.4, 0.5) is 8.78 Å². The SMILES string of the molecule is CC(C)Oc1c(F)ccc(CC(C)(C)C)c1F. The third kappa shape index (κ3) is 3.99. The van der Waals surface area contributed by atoms with Crippen molar-refractivity contribution in [2.24, 2.45) is 5.41 Å². The Morgan fingerprint density at radius 1 is 1.18 bits per heavy atom. The molecule has 0 aliphatic rings. The molecule has 0 bridgehead atoms. The lowest BCUT2D eigenvalue weighted by molar-refractivity contribution is 0.218. The lowest BCUT2D eigenvalue weighted by Crippen LogP contribution is -2.13. The summed E-state index contributed by atoms with van der Waals surface area (Å²) in [5, 5.41) is 0. The Hall–Kier alpha value is -1.12. The van der Waals surface area contributed by atoms with E-state index >= 15 is 0 Å². The zero-order valence-electron chi connectivity index (χ0n) is 11.1. The second-order valence-corrected chi connectivity index (χ2v) is 5.75. The highest BCUT2D eigenvalue weighted by Crippen LogP contribution is 2.29. The number of benzene rings is 1. The zero-order chi connectivity index (χ0) is 13.2. The summed E-state index contributed by atoms with van der Waals surface area (Å²) in [6.07, 6.45) is 0.303.